The maximum absolute atomic E-state index is 3.19. The Labute approximate surface area is 112 Å². The van der Waals surface area contributed by atoms with Gasteiger partial charge in [0.1, 0.15) is 0 Å². The van der Waals surface area contributed by atoms with Crippen molar-refractivity contribution in [1.29, 1.82) is 0 Å². The predicted molar refractivity (Wildman–Crippen MR) is 78.7 cm³/mol. The summed E-state index contributed by atoms with van der Waals surface area (Å²) in [6.45, 7) is 4.28. The van der Waals surface area contributed by atoms with Crippen LogP contribution in [0.15, 0.2) is 24.3 Å². The van der Waals surface area contributed by atoms with E-state index in [0.717, 1.165) is 26.2 Å². The van der Waals surface area contributed by atoms with Crippen LogP contribution in [-0.4, -0.2) is 51.1 Å². The number of nitrogens with one attached hydrogen (secondary N) is 1. The van der Waals surface area contributed by atoms with Crippen molar-refractivity contribution in [1.82, 2.24) is 15.1 Å². The first-order valence-electron chi connectivity index (χ1n) is 6.67. The summed E-state index contributed by atoms with van der Waals surface area (Å²) in [7, 11) is 8.43. The van der Waals surface area contributed by atoms with Crippen molar-refractivity contribution in [2.45, 2.75) is 19.5 Å². The summed E-state index contributed by atoms with van der Waals surface area (Å²) in [5.74, 6) is 0. The van der Waals surface area contributed by atoms with Crippen molar-refractivity contribution in [3.05, 3.63) is 35.4 Å². The van der Waals surface area contributed by atoms with E-state index < -0.39 is 0 Å². The van der Waals surface area contributed by atoms with Crippen LogP contribution < -0.4 is 5.32 Å². The van der Waals surface area contributed by atoms with Gasteiger partial charge in [0.05, 0.1) is 0 Å². The molecule has 0 aliphatic heterocycles. The Balaban J connectivity index is 2.38. The smallest absolute Gasteiger partial charge is 0.0230 e. The number of hydrogen-bond acceptors (Lipinski definition) is 3. The van der Waals surface area contributed by atoms with Crippen LogP contribution in [0.4, 0.5) is 0 Å². The van der Waals surface area contributed by atoms with Crippen molar-refractivity contribution < 1.29 is 0 Å². The van der Waals surface area contributed by atoms with Crippen molar-refractivity contribution in [3.63, 3.8) is 0 Å². The predicted octanol–water partition coefficient (Wildman–Crippen LogP) is 1.79. The highest BCUT2D eigenvalue weighted by atomic mass is 15.1. The van der Waals surface area contributed by atoms with Crippen LogP contribution in [0.5, 0.6) is 0 Å². The lowest BCUT2D eigenvalue weighted by molar-refractivity contribution is 0.294. The molecule has 0 saturated carbocycles. The van der Waals surface area contributed by atoms with Crippen molar-refractivity contribution >= 4 is 0 Å². The quantitative estimate of drug-likeness (QED) is 0.758. The third kappa shape index (κ3) is 6.15. The number of hydrogen-bond donors (Lipinski definition) is 1. The molecule has 0 saturated heterocycles. The van der Waals surface area contributed by atoms with Gasteiger partial charge in [-0.2, -0.15) is 0 Å². The van der Waals surface area contributed by atoms with E-state index in [4.69, 9.17) is 0 Å². The molecule has 3 heteroatoms. The molecular formula is C15H27N3. The van der Waals surface area contributed by atoms with Gasteiger partial charge >= 0.3 is 0 Å². The third-order valence-corrected chi connectivity index (χ3v) is 2.97. The van der Waals surface area contributed by atoms with Gasteiger partial charge in [-0.1, -0.05) is 24.3 Å². The molecule has 3 nitrogen and oxygen atoms in total. The lowest BCUT2D eigenvalue weighted by Crippen LogP contribution is -2.23. The zero-order chi connectivity index (χ0) is 13.4. The number of nitrogens with zero attached hydrogens (tertiary/aromatic N) is 2. The Morgan fingerprint density at radius 3 is 2.44 bits per heavy atom. The Bertz CT molecular complexity index is 336. The molecule has 0 aliphatic carbocycles. The van der Waals surface area contributed by atoms with Crippen molar-refractivity contribution in [3.8, 4) is 0 Å². The van der Waals surface area contributed by atoms with Crippen molar-refractivity contribution in [2.24, 2.45) is 0 Å². The van der Waals surface area contributed by atoms with Crippen LogP contribution in [0.2, 0.25) is 0 Å². The molecule has 1 aromatic rings. The van der Waals surface area contributed by atoms with Gasteiger partial charge in [0.2, 0.25) is 0 Å². The second-order valence-corrected chi connectivity index (χ2v) is 5.24. The van der Waals surface area contributed by atoms with E-state index in [-0.39, 0.29) is 0 Å². The molecule has 1 rings (SSSR count). The van der Waals surface area contributed by atoms with E-state index in [1.165, 1.54) is 17.5 Å². The maximum Gasteiger partial charge on any atom is 0.0230 e. The molecule has 0 heterocycles. The molecular weight excluding hydrogens is 222 g/mol. The highest BCUT2D eigenvalue weighted by Gasteiger charge is 2.01. The van der Waals surface area contributed by atoms with Gasteiger partial charge in [0.25, 0.3) is 0 Å². The average molecular weight is 249 g/mol. The topological polar surface area (TPSA) is 18.5 Å². The summed E-state index contributed by atoms with van der Waals surface area (Å²) >= 11 is 0. The van der Waals surface area contributed by atoms with E-state index >= 15 is 0 Å². The minimum atomic E-state index is 0.943. The van der Waals surface area contributed by atoms with Crippen LogP contribution in [-0.2, 0) is 13.1 Å². The standard InChI is InChI=1S/C15H27N3/c1-16-12-14-7-5-8-15(11-14)13-18(4)10-6-9-17(2)3/h5,7-8,11,16H,6,9-10,12-13H2,1-4H3. The zero-order valence-electron chi connectivity index (χ0n) is 12.2. The second-order valence-electron chi connectivity index (χ2n) is 5.24. The fourth-order valence-corrected chi connectivity index (χ4v) is 2.09. The van der Waals surface area contributed by atoms with Gasteiger partial charge in [-0.05, 0) is 58.8 Å². The summed E-state index contributed by atoms with van der Waals surface area (Å²) in [5.41, 5.74) is 2.76. The average Bonchev–Trinajstić information content (AvgIpc) is 2.29. The summed E-state index contributed by atoms with van der Waals surface area (Å²) < 4.78 is 0. The molecule has 0 amide bonds. The Kier molecular flexibility index (Phi) is 6.94. The highest BCUT2D eigenvalue weighted by Crippen LogP contribution is 2.07. The molecule has 1 aromatic carbocycles. The van der Waals surface area contributed by atoms with E-state index in [9.17, 15) is 0 Å². The molecule has 18 heavy (non-hydrogen) atoms. The summed E-state index contributed by atoms with van der Waals surface area (Å²) in [6, 6.07) is 8.82. The fraction of sp³-hybridized carbons (Fsp3) is 0.600. The summed E-state index contributed by atoms with van der Waals surface area (Å²) in [4.78, 5) is 4.63. The largest absolute Gasteiger partial charge is 0.316 e. The molecule has 0 spiro atoms. The molecule has 102 valence electrons. The van der Waals surface area contributed by atoms with Gasteiger partial charge in [-0.3, -0.25) is 0 Å². The van der Waals surface area contributed by atoms with E-state index in [1.54, 1.807) is 0 Å². The molecule has 0 unspecified atom stereocenters. The lowest BCUT2D eigenvalue weighted by Gasteiger charge is -2.18. The Morgan fingerprint density at radius 2 is 1.78 bits per heavy atom. The van der Waals surface area contributed by atoms with E-state index in [1.807, 2.05) is 7.05 Å². The SMILES string of the molecule is CNCc1cccc(CN(C)CCCN(C)C)c1. The number of benzene rings is 1. The Morgan fingerprint density at radius 1 is 1.06 bits per heavy atom. The van der Waals surface area contributed by atoms with Crippen LogP contribution >= 0.6 is 0 Å². The second kappa shape index (κ2) is 8.25. The van der Waals surface area contributed by atoms with Crippen LogP contribution in [0.3, 0.4) is 0 Å². The maximum atomic E-state index is 3.19. The minimum absolute atomic E-state index is 0.943. The molecule has 1 N–H and O–H groups in total. The number of rotatable bonds is 8. The highest BCUT2D eigenvalue weighted by molar-refractivity contribution is 5.23. The van der Waals surface area contributed by atoms with Crippen molar-refractivity contribution in [2.75, 3.05) is 41.3 Å². The van der Waals surface area contributed by atoms with Crippen LogP contribution in [0, 0.1) is 0 Å². The van der Waals surface area contributed by atoms with Gasteiger partial charge in [0.15, 0.2) is 0 Å². The first-order valence-corrected chi connectivity index (χ1v) is 6.67. The molecule has 0 fully saturated rings. The molecule has 0 aliphatic rings. The first-order chi connectivity index (χ1) is 8.61. The fourth-order valence-electron chi connectivity index (χ4n) is 2.09. The summed E-state index contributed by atoms with van der Waals surface area (Å²) in [5, 5.41) is 3.19. The van der Waals surface area contributed by atoms with Crippen LogP contribution in [0.25, 0.3) is 0 Å². The third-order valence-electron chi connectivity index (χ3n) is 2.97. The molecule has 0 aromatic heterocycles. The van der Waals surface area contributed by atoms with Gasteiger partial charge in [0, 0.05) is 13.1 Å². The lowest BCUT2D eigenvalue weighted by atomic mass is 10.1. The molecule has 0 atom stereocenters. The van der Waals surface area contributed by atoms with E-state index in [2.05, 4.69) is 60.5 Å². The first kappa shape index (κ1) is 15.2. The Hall–Kier alpha value is -0.900. The molecule has 0 radical (unpaired) electrons. The molecule has 0 bridgehead atoms. The van der Waals surface area contributed by atoms with Gasteiger partial charge in [-0.25, -0.2) is 0 Å². The zero-order valence-corrected chi connectivity index (χ0v) is 12.2. The monoisotopic (exact) mass is 249 g/mol. The summed E-state index contributed by atoms with van der Waals surface area (Å²) in [6.07, 6.45) is 1.22. The minimum Gasteiger partial charge on any atom is -0.316 e. The normalized spacial score (nSPS) is 11.4. The van der Waals surface area contributed by atoms with E-state index in [0.29, 0.717) is 0 Å². The van der Waals surface area contributed by atoms with Gasteiger partial charge in [-0.15, -0.1) is 0 Å². The van der Waals surface area contributed by atoms with Gasteiger partial charge < -0.3 is 15.1 Å². The van der Waals surface area contributed by atoms with Crippen LogP contribution in [0.1, 0.15) is 17.5 Å².